The Kier molecular flexibility index (Phi) is 5.18. The molecule has 3 rings (SSSR count). The predicted octanol–water partition coefficient (Wildman–Crippen LogP) is 4.30. The lowest BCUT2D eigenvalue weighted by molar-refractivity contribution is -0.145. The van der Waals surface area contributed by atoms with Crippen molar-refractivity contribution in [3.63, 3.8) is 0 Å². The molecule has 0 atom stereocenters. The first-order chi connectivity index (χ1) is 12.1. The van der Waals surface area contributed by atoms with Crippen LogP contribution in [0.15, 0.2) is 59.1 Å². The molecule has 0 aliphatic heterocycles. The van der Waals surface area contributed by atoms with E-state index in [2.05, 4.69) is 4.98 Å². The van der Waals surface area contributed by atoms with Crippen molar-refractivity contribution in [1.82, 2.24) is 4.98 Å². The second kappa shape index (κ2) is 7.70. The molecular formula is C19H15F2NO3. The molecule has 0 unspecified atom stereocenters. The number of hydrogen-bond acceptors (Lipinski definition) is 4. The van der Waals surface area contributed by atoms with E-state index >= 15 is 0 Å². The van der Waals surface area contributed by atoms with Gasteiger partial charge in [-0.2, -0.15) is 0 Å². The van der Waals surface area contributed by atoms with Crippen LogP contribution in [0, 0.1) is 11.6 Å². The number of aromatic nitrogens is 1. The van der Waals surface area contributed by atoms with Crippen molar-refractivity contribution in [2.24, 2.45) is 0 Å². The predicted molar refractivity (Wildman–Crippen MR) is 86.4 cm³/mol. The molecule has 0 spiro atoms. The summed E-state index contributed by atoms with van der Waals surface area (Å²) < 4.78 is 36.9. The summed E-state index contributed by atoms with van der Waals surface area (Å²) in [6.45, 7) is -0.114. The number of nitrogens with zero attached hydrogens (tertiary/aromatic N) is 1. The fourth-order valence-corrected chi connectivity index (χ4v) is 2.28. The highest BCUT2D eigenvalue weighted by molar-refractivity contribution is 5.69. The standard InChI is InChI=1S/C19H15F2NO3/c20-15-8-5-14(6-9-15)17-11-22-18(25-17)12-24-19(23)10-7-13-3-1-2-4-16(13)21/h1-6,8-9,11H,7,10,12H2. The first-order valence-corrected chi connectivity index (χ1v) is 7.71. The normalized spacial score (nSPS) is 10.6. The molecule has 1 aromatic heterocycles. The molecule has 0 saturated heterocycles. The third-order valence-corrected chi connectivity index (χ3v) is 3.60. The molecule has 0 saturated carbocycles. The van der Waals surface area contributed by atoms with Crippen molar-refractivity contribution in [1.29, 1.82) is 0 Å². The lowest BCUT2D eigenvalue weighted by Crippen LogP contribution is -2.06. The maximum atomic E-state index is 13.5. The van der Waals surface area contributed by atoms with Gasteiger partial charge in [0.25, 0.3) is 0 Å². The lowest BCUT2D eigenvalue weighted by Gasteiger charge is -2.03. The molecule has 0 aliphatic rings. The van der Waals surface area contributed by atoms with Crippen LogP contribution in [-0.2, 0) is 22.6 Å². The van der Waals surface area contributed by atoms with E-state index in [9.17, 15) is 13.6 Å². The van der Waals surface area contributed by atoms with E-state index in [1.54, 1.807) is 30.3 Å². The van der Waals surface area contributed by atoms with E-state index in [1.807, 2.05) is 0 Å². The van der Waals surface area contributed by atoms with Gasteiger partial charge in [0.15, 0.2) is 12.4 Å². The van der Waals surface area contributed by atoms with Crippen LogP contribution in [0.25, 0.3) is 11.3 Å². The number of oxazole rings is 1. The maximum Gasteiger partial charge on any atom is 0.306 e. The Balaban J connectivity index is 1.51. The highest BCUT2D eigenvalue weighted by Gasteiger charge is 2.11. The molecule has 128 valence electrons. The van der Waals surface area contributed by atoms with E-state index in [4.69, 9.17) is 9.15 Å². The summed E-state index contributed by atoms with van der Waals surface area (Å²) in [4.78, 5) is 15.8. The number of carbonyl (C=O) groups is 1. The Hall–Kier alpha value is -3.02. The molecule has 0 aliphatic carbocycles. The maximum absolute atomic E-state index is 13.5. The van der Waals surface area contributed by atoms with Crippen LogP contribution >= 0.6 is 0 Å². The molecule has 3 aromatic rings. The molecule has 0 N–H and O–H groups in total. The molecular weight excluding hydrogens is 328 g/mol. The van der Waals surface area contributed by atoms with Crippen LogP contribution in [0.5, 0.6) is 0 Å². The van der Waals surface area contributed by atoms with Gasteiger partial charge >= 0.3 is 5.97 Å². The largest absolute Gasteiger partial charge is 0.456 e. The topological polar surface area (TPSA) is 52.3 Å². The van der Waals surface area contributed by atoms with Crippen molar-refractivity contribution in [3.8, 4) is 11.3 Å². The monoisotopic (exact) mass is 343 g/mol. The smallest absolute Gasteiger partial charge is 0.306 e. The molecule has 0 bridgehead atoms. The van der Waals surface area contributed by atoms with E-state index in [-0.39, 0.29) is 37.0 Å². The van der Waals surface area contributed by atoms with Gasteiger partial charge in [-0.1, -0.05) is 18.2 Å². The zero-order valence-electron chi connectivity index (χ0n) is 13.2. The molecule has 0 fully saturated rings. The fraction of sp³-hybridized carbons (Fsp3) is 0.158. The zero-order chi connectivity index (χ0) is 17.6. The molecule has 2 aromatic carbocycles. The first-order valence-electron chi connectivity index (χ1n) is 7.71. The third kappa shape index (κ3) is 4.50. The summed E-state index contributed by atoms with van der Waals surface area (Å²) in [6.07, 6.45) is 1.81. The van der Waals surface area contributed by atoms with Gasteiger partial charge in [0.1, 0.15) is 11.6 Å². The number of carbonyl (C=O) groups excluding carboxylic acids is 1. The van der Waals surface area contributed by atoms with E-state index < -0.39 is 5.97 Å². The van der Waals surface area contributed by atoms with E-state index in [0.29, 0.717) is 16.9 Å². The van der Waals surface area contributed by atoms with Gasteiger partial charge in [-0.25, -0.2) is 13.8 Å². The van der Waals surface area contributed by atoms with Crippen molar-refractivity contribution in [2.75, 3.05) is 0 Å². The Bertz CT molecular complexity index is 859. The number of esters is 1. The van der Waals surface area contributed by atoms with E-state index in [0.717, 1.165) is 0 Å². The number of ether oxygens (including phenoxy) is 1. The quantitative estimate of drug-likeness (QED) is 0.626. The first kappa shape index (κ1) is 16.8. The number of hydrogen-bond donors (Lipinski definition) is 0. The van der Waals surface area contributed by atoms with Gasteiger partial charge < -0.3 is 9.15 Å². The molecule has 6 heteroatoms. The van der Waals surface area contributed by atoms with Gasteiger partial charge in [-0.15, -0.1) is 0 Å². The van der Waals surface area contributed by atoms with Crippen molar-refractivity contribution < 1.29 is 22.7 Å². The van der Waals surface area contributed by atoms with Gasteiger partial charge in [-0.3, -0.25) is 4.79 Å². The summed E-state index contributed by atoms with van der Waals surface area (Å²) in [5.74, 6) is -0.458. The van der Waals surface area contributed by atoms with Crippen LogP contribution in [0.2, 0.25) is 0 Å². The van der Waals surface area contributed by atoms with Gasteiger partial charge in [-0.05, 0) is 42.3 Å². The van der Waals surface area contributed by atoms with Crippen LogP contribution in [0.4, 0.5) is 8.78 Å². The minimum absolute atomic E-state index is 0.0620. The van der Waals surface area contributed by atoms with Crippen LogP contribution in [0.3, 0.4) is 0 Å². The average molecular weight is 343 g/mol. The van der Waals surface area contributed by atoms with Crippen LogP contribution < -0.4 is 0 Å². The number of rotatable bonds is 6. The SMILES string of the molecule is O=C(CCc1ccccc1F)OCc1ncc(-c2ccc(F)cc2)o1. The molecule has 0 amide bonds. The Morgan fingerprint density at radius 1 is 1.08 bits per heavy atom. The molecule has 1 heterocycles. The molecule has 0 radical (unpaired) electrons. The average Bonchev–Trinajstić information content (AvgIpc) is 3.09. The highest BCUT2D eigenvalue weighted by Crippen LogP contribution is 2.21. The van der Waals surface area contributed by atoms with Crippen molar-refractivity contribution in [2.45, 2.75) is 19.4 Å². The fourth-order valence-electron chi connectivity index (χ4n) is 2.28. The number of benzene rings is 2. The minimum Gasteiger partial charge on any atom is -0.456 e. The second-order valence-corrected chi connectivity index (χ2v) is 5.38. The summed E-state index contributed by atoms with van der Waals surface area (Å²) in [6, 6.07) is 12.1. The zero-order valence-corrected chi connectivity index (χ0v) is 13.2. The minimum atomic E-state index is -0.468. The summed E-state index contributed by atoms with van der Waals surface area (Å²) in [5.41, 5.74) is 1.14. The lowest BCUT2D eigenvalue weighted by atomic mass is 10.1. The van der Waals surface area contributed by atoms with Gasteiger partial charge in [0.2, 0.25) is 5.89 Å². The number of halogens is 2. The Morgan fingerprint density at radius 3 is 2.60 bits per heavy atom. The summed E-state index contributed by atoms with van der Waals surface area (Å²) in [5, 5.41) is 0. The van der Waals surface area contributed by atoms with Gasteiger partial charge in [0.05, 0.1) is 6.20 Å². The Morgan fingerprint density at radius 2 is 1.84 bits per heavy atom. The van der Waals surface area contributed by atoms with Crippen molar-refractivity contribution in [3.05, 3.63) is 77.8 Å². The summed E-state index contributed by atoms with van der Waals surface area (Å²) >= 11 is 0. The van der Waals surface area contributed by atoms with Crippen molar-refractivity contribution >= 4 is 5.97 Å². The number of aryl methyl sites for hydroxylation is 1. The van der Waals surface area contributed by atoms with Crippen LogP contribution in [0.1, 0.15) is 17.9 Å². The Labute approximate surface area is 143 Å². The summed E-state index contributed by atoms with van der Waals surface area (Å²) in [7, 11) is 0. The van der Waals surface area contributed by atoms with Crippen LogP contribution in [-0.4, -0.2) is 11.0 Å². The molecule has 4 nitrogen and oxygen atoms in total. The highest BCUT2D eigenvalue weighted by atomic mass is 19.1. The second-order valence-electron chi connectivity index (χ2n) is 5.38. The van der Waals surface area contributed by atoms with Gasteiger partial charge in [0, 0.05) is 12.0 Å². The third-order valence-electron chi connectivity index (χ3n) is 3.60. The van der Waals surface area contributed by atoms with E-state index in [1.165, 1.54) is 24.4 Å². The molecule has 25 heavy (non-hydrogen) atoms.